The highest BCUT2D eigenvalue weighted by molar-refractivity contribution is 5.85. The van der Waals surface area contributed by atoms with Crippen LogP contribution in [-0.4, -0.2) is 32.0 Å². The lowest BCUT2D eigenvalue weighted by atomic mass is 9.91. The van der Waals surface area contributed by atoms with E-state index in [1.807, 2.05) is 20.8 Å². The van der Waals surface area contributed by atoms with Crippen LogP contribution in [0.4, 0.5) is 0 Å². The first kappa shape index (κ1) is 16.0. The minimum absolute atomic E-state index is 0.0286. The van der Waals surface area contributed by atoms with Crippen LogP contribution in [-0.2, 0) is 9.59 Å². The van der Waals surface area contributed by atoms with Crippen molar-refractivity contribution in [3.8, 4) is 11.5 Å². The van der Waals surface area contributed by atoms with E-state index in [0.717, 1.165) is 0 Å². The molecular formula is C15H21NO4. The fourth-order valence-electron chi connectivity index (χ4n) is 1.22. The van der Waals surface area contributed by atoms with Crippen molar-refractivity contribution in [2.45, 2.75) is 20.8 Å². The second-order valence-corrected chi connectivity index (χ2v) is 5.40. The van der Waals surface area contributed by atoms with Crippen LogP contribution in [0.15, 0.2) is 24.3 Å². The van der Waals surface area contributed by atoms with Crippen molar-refractivity contribution >= 4 is 11.7 Å². The highest BCUT2D eigenvalue weighted by Gasteiger charge is 2.21. The fourth-order valence-corrected chi connectivity index (χ4v) is 1.22. The molecule has 0 aliphatic heterocycles. The predicted octanol–water partition coefficient (Wildman–Crippen LogP) is 1.81. The topological polar surface area (TPSA) is 64.6 Å². The Hall–Kier alpha value is -2.04. The van der Waals surface area contributed by atoms with E-state index in [-0.39, 0.29) is 24.9 Å². The zero-order chi connectivity index (χ0) is 15.2. The van der Waals surface area contributed by atoms with Crippen molar-refractivity contribution in [3.63, 3.8) is 0 Å². The summed E-state index contributed by atoms with van der Waals surface area (Å²) in [4.78, 5) is 22.7. The quantitative estimate of drug-likeness (QED) is 0.862. The maximum Gasteiger partial charge on any atom is 0.257 e. The summed E-state index contributed by atoms with van der Waals surface area (Å²) in [6.07, 6.45) is 0. The average molecular weight is 279 g/mol. The number of amides is 1. The number of nitrogens with one attached hydrogen (secondary N) is 1. The second-order valence-electron chi connectivity index (χ2n) is 5.40. The van der Waals surface area contributed by atoms with Crippen LogP contribution in [0.1, 0.15) is 20.8 Å². The number of rotatable bonds is 6. The van der Waals surface area contributed by atoms with Crippen LogP contribution in [0.3, 0.4) is 0 Å². The van der Waals surface area contributed by atoms with Gasteiger partial charge in [-0.2, -0.15) is 0 Å². The van der Waals surface area contributed by atoms with E-state index >= 15 is 0 Å². The lowest BCUT2D eigenvalue weighted by Gasteiger charge is -2.16. The second kappa shape index (κ2) is 6.93. The first-order chi connectivity index (χ1) is 9.32. The van der Waals surface area contributed by atoms with Crippen LogP contribution in [0.25, 0.3) is 0 Å². The summed E-state index contributed by atoms with van der Waals surface area (Å²) in [6, 6.07) is 6.80. The fraction of sp³-hybridized carbons (Fsp3) is 0.467. The zero-order valence-corrected chi connectivity index (χ0v) is 12.4. The molecule has 0 aliphatic carbocycles. The number of hydrogen-bond acceptors (Lipinski definition) is 4. The van der Waals surface area contributed by atoms with Gasteiger partial charge in [0.1, 0.15) is 18.1 Å². The van der Waals surface area contributed by atoms with Crippen LogP contribution < -0.4 is 14.8 Å². The number of hydrogen-bond donors (Lipinski definition) is 1. The lowest BCUT2D eigenvalue weighted by molar-refractivity contribution is -0.128. The van der Waals surface area contributed by atoms with Gasteiger partial charge >= 0.3 is 0 Å². The molecule has 0 fully saturated rings. The van der Waals surface area contributed by atoms with Crippen LogP contribution in [0.5, 0.6) is 11.5 Å². The zero-order valence-electron chi connectivity index (χ0n) is 12.4. The van der Waals surface area contributed by atoms with Crippen molar-refractivity contribution < 1.29 is 19.1 Å². The molecule has 0 heterocycles. The summed E-state index contributed by atoms with van der Waals surface area (Å²) in [5.41, 5.74) is -0.406. The highest BCUT2D eigenvalue weighted by atomic mass is 16.5. The molecule has 1 amide bonds. The van der Waals surface area contributed by atoms with Gasteiger partial charge in [0.2, 0.25) is 0 Å². The number of carbonyl (C=O) groups excluding carboxylic acids is 2. The molecule has 0 saturated carbocycles. The van der Waals surface area contributed by atoms with E-state index in [4.69, 9.17) is 9.47 Å². The molecule has 0 aromatic heterocycles. The number of ether oxygens (including phenoxy) is 2. The molecule has 110 valence electrons. The number of carbonyl (C=O) groups is 2. The van der Waals surface area contributed by atoms with Crippen LogP contribution in [0.2, 0.25) is 0 Å². The first-order valence-corrected chi connectivity index (χ1v) is 6.42. The molecule has 0 spiro atoms. The number of benzene rings is 1. The Kier molecular flexibility index (Phi) is 5.55. The van der Waals surface area contributed by atoms with Crippen molar-refractivity contribution in [2.75, 3.05) is 20.3 Å². The molecule has 1 aromatic rings. The maximum atomic E-state index is 11.7. The molecular weight excluding hydrogens is 258 g/mol. The van der Waals surface area contributed by atoms with Crippen molar-refractivity contribution in [3.05, 3.63) is 24.3 Å². The SMILES string of the molecule is CNC(=O)COc1ccc(OCC(=O)C(C)(C)C)cc1. The molecule has 1 aromatic carbocycles. The smallest absolute Gasteiger partial charge is 0.257 e. The van der Waals surface area contributed by atoms with E-state index in [2.05, 4.69) is 5.32 Å². The first-order valence-electron chi connectivity index (χ1n) is 6.42. The van der Waals surface area contributed by atoms with Gasteiger partial charge in [0.25, 0.3) is 5.91 Å². The Morgan fingerprint density at radius 1 is 1.00 bits per heavy atom. The Morgan fingerprint density at radius 3 is 1.85 bits per heavy atom. The average Bonchev–Trinajstić information content (AvgIpc) is 2.42. The minimum Gasteiger partial charge on any atom is -0.486 e. The maximum absolute atomic E-state index is 11.7. The monoisotopic (exact) mass is 279 g/mol. The number of Topliss-reactive ketones (excluding diaryl/α,β-unsaturated/α-hetero) is 1. The van der Waals surface area contributed by atoms with Crippen molar-refractivity contribution in [2.24, 2.45) is 5.41 Å². The van der Waals surface area contributed by atoms with Crippen LogP contribution in [0, 0.1) is 5.41 Å². The van der Waals surface area contributed by atoms with Gasteiger partial charge in [0, 0.05) is 12.5 Å². The van der Waals surface area contributed by atoms with Crippen molar-refractivity contribution in [1.29, 1.82) is 0 Å². The Labute approximate surface area is 119 Å². The van der Waals surface area contributed by atoms with E-state index in [1.54, 1.807) is 31.3 Å². The molecule has 0 atom stereocenters. The predicted molar refractivity (Wildman–Crippen MR) is 76.0 cm³/mol. The molecule has 1 N–H and O–H groups in total. The summed E-state index contributed by atoms with van der Waals surface area (Å²) in [5, 5.41) is 2.47. The third kappa shape index (κ3) is 5.30. The molecule has 20 heavy (non-hydrogen) atoms. The van der Waals surface area contributed by atoms with Gasteiger partial charge in [0.15, 0.2) is 12.4 Å². The van der Waals surface area contributed by atoms with E-state index in [9.17, 15) is 9.59 Å². The largest absolute Gasteiger partial charge is 0.486 e. The summed E-state index contributed by atoms with van der Waals surface area (Å²) >= 11 is 0. The molecule has 0 unspecified atom stereocenters. The third-order valence-electron chi connectivity index (χ3n) is 2.68. The molecule has 5 heteroatoms. The molecule has 5 nitrogen and oxygen atoms in total. The molecule has 0 saturated heterocycles. The van der Waals surface area contributed by atoms with Gasteiger partial charge in [-0.1, -0.05) is 20.8 Å². The third-order valence-corrected chi connectivity index (χ3v) is 2.68. The van der Waals surface area contributed by atoms with Gasteiger partial charge in [0.05, 0.1) is 0 Å². The molecule has 1 rings (SSSR count). The van der Waals surface area contributed by atoms with Crippen LogP contribution >= 0.6 is 0 Å². The summed E-state index contributed by atoms with van der Waals surface area (Å²) in [5.74, 6) is 1.01. The summed E-state index contributed by atoms with van der Waals surface area (Å²) < 4.78 is 10.7. The van der Waals surface area contributed by atoms with E-state index < -0.39 is 5.41 Å². The Morgan fingerprint density at radius 2 is 1.45 bits per heavy atom. The van der Waals surface area contributed by atoms with Gasteiger partial charge in [-0.15, -0.1) is 0 Å². The highest BCUT2D eigenvalue weighted by Crippen LogP contribution is 2.19. The lowest BCUT2D eigenvalue weighted by Crippen LogP contribution is -2.26. The molecule has 0 bridgehead atoms. The standard InChI is InChI=1S/C15H21NO4/c1-15(2,3)13(17)9-19-11-5-7-12(8-6-11)20-10-14(18)16-4/h5-8H,9-10H2,1-4H3,(H,16,18). The van der Waals surface area contributed by atoms with Gasteiger partial charge in [-0.05, 0) is 24.3 Å². The van der Waals surface area contributed by atoms with E-state index in [1.165, 1.54) is 0 Å². The minimum atomic E-state index is -0.406. The summed E-state index contributed by atoms with van der Waals surface area (Å²) in [7, 11) is 1.55. The van der Waals surface area contributed by atoms with Crippen molar-refractivity contribution in [1.82, 2.24) is 5.32 Å². The van der Waals surface area contributed by atoms with Gasteiger partial charge in [-0.25, -0.2) is 0 Å². The number of likely N-dealkylation sites (N-methyl/N-ethyl adjacent to an activating group) is 1. The van der Waals surface area contributed by atoms with Gasteiger partial charge in [-0.3, -0.25) is 9.59 Å². The summed E-state index contributed by atoms with van der Waals surface area (Å²) in [6.45, 7) is 5.58. The Bertz CT molecular complexity index is 460. The van der Waals surface area contributed by atoms with Gasteiger partial charge < -0.3 is 14.8 Å². The molecule has 0 aliphatic rings. The Balaban J connectivity index is 2.47. The molecule has 0 radical (unpaired) electrons. The number of ketones is 1. The van der Waals surface area contributed by atoms with E-state index in [0.29, 0.717) is 11.5 Å². The normalized spacial score (nSPS) is 10.8.